The second-order valence-electron chi connectivity index (χ2n) is 6.71. The first-order chi connectivity index (χ1) is 10.9. The van der Waals surface area contributed by atoms with Gasteiger partial charge in [0.25, 0.3) is 0 Å². The quantitative estimate of drug-likeness (QED) is 0.865. The number of ether oxygens (including phenoxy) is 1. The van der Waals surface area contributed by atoms with E-state index in [9.17, 15) is 9.59 Å². The van der Waals surface area contributed by atoms with Crippen molar-refractivity contribution in [3.8, 4) is 0 Å². The second-order valence-corrected chi connectivity index (χ2v) is 6.71. The van der Waals surface area contributed by atoms with Crippen molar-refractivity contribution in [3.63, 3.8) is 0 Å². The molecule has 1 aliphatic heterocycles. The molecule has 0 aromatic heterocycles. The van der Waals surface area contributed by atoms with Crippen molar-refractivity contribution in [2.75, 3.05) is 31.5 Å². The van der Waals surface area contributed by atoms with Gasteiger partial charge < -0.3 is 15.0 Å². The van der Waals surface area contributed by atoms with Crippen LogP contribution in [0.3, 0.4) is 0 Å². The Morgan fingerprint density at radius 3 is 2.57 bits per heavy atom. The summed E-state index contributed by atoms with van der Waals surface area (Å²) in [5.74, 6) is 0. The van der Waals surface area contributed by atoms with E-state index in [1.807, 2.05) is 45.0 Å². The molecule has 126 valence electrons. The van der Waals surface area contributed by atoms with Crippen LogP contribution in [0.5, 0.6) is 0 Å². The van der Waals surface area contributed by atoms with Crippen LogP contribution in [0.15, 0.2) is 24.3 Å². The molecule has 0 aliphatic carbocycles. The molecule has 1 aromatic rings. The highest BCUT2D eigenvalue weighted by Gasteiger charge is 2.25. The van der Waals surface area contributed by atoms with Crippen LogP contribution >= 0.6 is 0 Å². The number of nitrogens with one attached hydrogen (secondary N) is 1. The summed E-state index contributed by atoms with van der Waals surface area (Å²) in [6.45, 7) is 9.39. The normalized spacial score (nSPS) is 16.0. The van der Waals surface area contributed by atoms with E-state index >= 15 is 0 Å². The number of carbonyl (C=O) groups excluding carboxylic acids is 2. The predicted octanol–water partition coefficient (Wildman–Crippen LogP) is 2.31. The molecule has 0 saturated carbocycles. The third-order valence-corrected chi connectivity index (χ3v) is 3.58. The fourth-order valence-electron chi connectivity index (χ4n) is 2.50. The molecule has 0 unspecified atom stereocenters. The molecule has 6 heteroatoms. The van der Waals surface area contributed by atoms with Gasteiger partial charge in [0.15, 0.2) is 0 Å². The molecular weight excluding hydrogens is 294 g/mol. The first kappa shape index (κ1) is 17.3. The van der Waals surface area contributed by atoms with Crippen LogP contribution in [-0.4, -0.2) is 54.1 Å². The number of hydrogen-bond donors (Lipinski definition) is 1. The van der Waals surface area contributed by atoms with E-state index in [-0.39, 0.29) is 6.09 Å². The summed E-state index contributed by atoms with van der Waals surface area (Å²) < 4.78 is 5.40. The topological polar surface area (TPSA) is 61.9 Å². The monoisotopic (exact) mass is 319 g/mol. The number of hydrogen-bond acceptors (Lipinski definition) is 4. The molecule has 0 bridgehead atoms. The molecule has 1 saturated heterocycles. The summed E-state index contributed by atoms with van der Waals surface area (Å²) in [6, 6.07) is 7.79. The number of nitrogens with zero attached hydrogens (tertiary/aromatic N) is 2. The van der Waals surface area contributed by atoms with Crippen LogP contribution in [0, 0.1) is 0 Å². The maximum absolute atomic E-state index is 12.0. The Hall–Kier alpha value is -2.08. The highest BCUT2D eigenvalue weighted by Crippen LogP contribution is 2.15. The molecule has 1 fully saturated rings. The molecule has 0 radical (unpaired) electrons. The van der Waals surface area contributed by atoms with Gasteiger partial charge in [0.2, 0.25) is 6.41 Å². The first-order valence-electron chi connectivity index (χ1n) is 7.87. The molecule has 1 N–H and O–H groups in total. The summed E-state index contributed by atoms with van der Waals surface area (Å²) in [6.07, 6.45) is 0.438. The lowest BCUT2D eigenvalue weighted by molar-refractivity contribution is -0.105. The number of piperazine rings is 1. The van der Waals surface area contributed by atoms with Crippen molar-refractivity contribution in [1.29, 1.82) is 0 Å². The highest BCUT2D eigenvalue weighted by atomic mass is 16.6. The molecular formula is C17H25N3O3. The summed E-state index contributed by atoms with van der Waals surface area (Å²) in [5.41, 5.74) is 1.48. The molecule has 1 aliphatic rings. The van der Waals surface area contributed by atoms with Gasteiger partial charge in [-0.1, -0.05) is 12.1 Å². The van der Waals surface area contributed by atoms with Crippen molar-refractivity contribution in [2.45, 2.75) is 32.9 Å². The van der Waals surface area contributed by atoms with E-state index in [0.717, 1.165) is 30.9 Å². The maximum Gasteiger partial charge on any atom is 0.410 e. The van der Waals surface area contributed by atoms with Crippen LogP contribution in [0.4, 0.5) is 10.5 Å². The average Bonchev–Trinajstić information content (AvgIpc) is 2.47. The summed E-state index contributed by atoms with van der Waals surface area (Å²) in [7, 11) is 0. The Labute approximate surface area is 137 Å². The zero-order chi connectivity index (χ0) is 16.9. The van der Waals surface area contributed by atoms with E-state index in [1.165, 1.54) is 0 Å². The summed E-state index contributed by atoms with van der Waals surface area (Å²) in [4.78, 5) is 26.6. The molecule has 23 heavy (non-hydrogen) atoms. The summed E-state index contributed by atoms with van der Waals surface area (Å²) in [5, 5.41) is 2.66. The Kier molecular flexibility index (Phi) is 5.60. The maximum atomic E-state index is 12.0. The second kappa shape index (κ2) is 7.46. The standard InChI is InChI=1S/C17H25N3O3/c1-17(2,3)23-16(22)20-9-7-19(8-10-20)12-14-5-4-6-15(11-14)18-13-21/h4-6,11,13H,7-10,12H2,1-3H3,(H,18,21). The van der Waals surface area contributed by atoms with Crippen molar-refractivity contribution < 1.29 is 14.3 Å². The summed E-state index contributed by atoms with van der Waals surface area (Å²) >= 11 is 0. The molecule has 0 atom stereocenters. The average molecular weight is 319 g/mol. The number of amides is 2. The van der Waals surface area contributed by atoms with E-state index < -0.39 is 5.60 Å². The van der Waals surface area contributed by atoms with Gasteiger partial charge in [-0.2, -0.15) is 0 Å². The zero-order valence-corrected chi connectivity index (χ0v) is 14.0. The minimum absolute atomic E-state index is 0.241. The lowest BCUT2D eigenvalue weighted by atomic mass is 10.1. The molecule has 2 amide bonds. The van der Waals surface area contributed by atoms with Gasteiger partial charge >= 0.3 is 6.09 Å². The SMILES string of the molecule is CC(C)(C)OC(=O)N1CCN(Cc2cccc(NC=O)c2)CC1. The Bertz CT molecular complexity index is 546. The fraction of sp³-hybridized carbons (Fsp3) is 0.529. The van der Waals surface area contributed by atoms with E-state index in [0.29, 0.717) is 19.5 Å². The third-order valence-electron chi connectivity index (χ3n) is 3.58. The predicted molar refractivity (Wildman–Crippen MR) is 89.2 cm³/mol. The molecule has 1 heterocycles. The Morgan fingerprint density at radius 2 is 1.96 bits per heavy atom. The van der Waals surface area contributed by atoms with Gasteiger partial charge in [-0.3, -0.25) is 9.69 Å². The smallest absolute Gasteiger partial charge is 0.410 e. The van der Waals surface area contributed by atoms with E-state index in [1.54, 1.807) is 4.90 Å². The van der Waals surface area contributed by atoms with Crippen LogP contribution in [0.1, 0.15) is 26.3 Å². The fourth-order valence-corrected chi connectivity index (χ4v) is 2.50. The van der Waals surface area contributed by atoms with Gasteiger partial charge in [0.05, 0.1) is 0 Å². The highest BCUT2D eigenvalue weighted by molar-refractivity contribution is 5.71. The van der Waals surface area contributed by atoms with Gasteiger partial charge in [-0.15, -0.1) is 0 Å². The van der Waals surface area contributed by atoms with Crippen molar-refractivity contribution >= 4 is 18.2 Å². The largest absolute Gasteiger partial charge is 0.444 e. The first-order valence-corrected chi connectivity index (χ1v) is 7.87. The zero-order valence-electron chi connectivity index (χ0n) is 14.0. The van der Waals surface area contributed by atoms with Crippen LogP contribution in [-0.2, 0) is 16.1 Å². The lowest BCUT2D eigenvalue weighted by Crippen LogP contribution is -2.49. The van der Waals surface area contributed by atoms with Crippen LogP contribution in [0.2, 0.25) is 0 Å². The minimum atomic E-state index is -0.458. The van der Waals surface area contributed by atoms with Crippen LogP contribution < -0.4 is 5.32 Å². The van der Waals surface area contributed by atoms with E-state index in [2.05, 4.69) is 10.2 Å². The van der Waals surface area contributed by atoms with Gasteiger partial charge in [-0.25, -0.2) is 4.79 Å². The van der Waals surface area contributed by atoms with Crippen molar-refractivity contribution in [1.82, 2.24) is 9.80 Å². The molecule has 6 nitrogen and oxygen atoms in total. The Morgan fingerprint density at radius 1 is 1.26 bits per heavy atom. The van der Waals surface area contributed by atoms with Crippen molar-refractivity contribution in [3.05, 3.63) is 29.8 Å². The number of carbonyl (C=O) groups is 2. The van der Waals surface area contributed by atoms with Crippen molar-refractivity contribution in [2.24, 2.45) is 0 Å². The van der Waals surface area contributed by atoms with E-state index in [4.69, 9.17) is 4.74 Å². The molecule has 1 aromatic carbocycles. The molecule has 0 spiro atoms. The van der Waals surface area contributed by atoms with Gasteiger partial charge in [-0.05, 0) is 38.5 Å². The minimum Gasteiger partial charge on any atom is -0.444 e. The number of rotatable bonds is 4. The number of benzene rings is 1. The molecule has 2 rings (SSSR count). The lowest BCUT2D eigenvalue weighted by Gasteiger charge is -2.35. The van der Waals surface area contributed by atoms with Gasteiger partial charge in [0.1, 0.15) is 5.60 Å². The van der Waals surface area contributed by atoms with Gasteiger partial charge in [0, 0.05) is 38.4 Å². The third kappa shape index (κ3) is 5.56. The Balaban J connectivity index is 1.84. The van der Waals surface area contributed by atoms with Crippen LogP contribution in [0.25, 0.3) is 0 Å². The number of anilines is 1.